The number of aryl methyl sites for hydroxylation is 1. The van der Waals surface area contributed by atoms with Gasteiger partial charge in [-0.2, -0.15) is 10.2 Å². The number of nitriles is 1. The Bertz CT molecular complexity index is 1050. The molecule has 1 aliphatic heterocycles. The quantitative estimate of drug-likeness (QED) is 0.695. The van der Waals surface area contributed by atoms with Crippen LogP contribution in [-0.4, -0.2) is 32.5 Å². The zero-order chi connectivity index (χ0) is 19.5. The molecule has 0 radical (unpaired) electrons. The Labute approximate surface area is 162 Å². The van der Waals surface area contributed by atoms with Gasteiger partial charge in [0.15, 0.2) is 5.82 Å². The van der Waals surface area contributed by atoms with E-state index in [9.17, 15) is 10.1 Å². The maximum Gasteiger partial charge on any atom is 0.254 e. The van der Waals surface area contributed by atoms with Crippen LogP contribution in [-0.2, 0) is 0 Å². The minimum absolute atomic E-state index is 0.0789. The Morgan fingerprint density at radius 1 is 1.29 bits per heavy atom. The number of amides is 1. The van der Waals surface area contributed by atoms with Gasteiger partial charge in [0, 0.05) is 23.9 Å². The van der Waals surface area contributed by atoms with Crippen LogP contribution in [0.2, 0.25) is 0 Å². The minimum atomic E-state index is -0.209. The van der Waals surface area contributed by atoms with E-state index in [2.05, 4.69) is 21.2 Å². The molecule has 2 aromatic heterocycles. The van der Waals surface area contributed by atoms with Crippen LogP contribution in [0.5, 0.6) is 0 Å². The largest absolute Gasteiger partial charge is 0.337 e. The fourth-order valence-electron chi connectivity index (χ4n) is 3.59. The zero-order valence-corrected chi connectivity index (χ0v) is 15.5. The lowest BCUT2D eigenvalue weighted by atomic mass is 9.98. The smallest absolute Gasteiger partial charge is 0.254 e. The Kier molecular flexibility index (Phi) is 4.85. The topological polar surface area (TPSA) is 95.9 Å². The molecule has 1 aromatic carbocycles. The van der Waals surface area contributed by atoms with Crippen molar-refractivity contribution in [3.63, 3.8) is 0 Å². The highest BCUT2D eigenvalue weighted by molar-refractivity contribution is 5.96. The van der Waals surface area contributed by atoms with E-state index in [0.29, 0.717) is 35.1 Å². The number of piperidine rings is 1. The van der Waals surface area contributed by atoms with E-state index in [0.717, 1.165) is 24.8 Å². The third-order valence-corrected chi connectivity index (χ3v) is 4.93. The molecular formula is C21H19N5O2. The van der Waals surface area contributed by atoms with Crippen molar-refractivity contribution in [1.29, 1.82) is 5.26 Å². The number of pyridine rings is 1. The predicted octanol–water partition coefficient (Wildman–Crippen LogP) is 3.68. The molecule has 3 aromatic rings. The normalized spacial score (nSPS) is 16.6. The lowest BCUT2D eigenvalue weighted by Gasteiger charge is -2.33. The second-order valence-electron chi connectivity index (χ2n) is 6.78. The van der Waals surface area contributed by atoms with Crippen LogP contribution in [0.3, 0.4) is 0 Å². The summed E-state index contributed by atoms with van der Waals surface area (Å²) in [6.45, 7) is 2.41. The minimum Gasteiger partial charge on any atom is -0.337 e. The molecular weight excluding hydrogens is 354 g/mol. The molecule has 1 unspecified atom stereocenters. The molecule has 0 spiro atoms. The fraction of sp³-hybridized carbons (Fsp3) is 0.286. The highest BCUT2D eigenvalue weighted by Gasteiger charge is 2.32. The van der Waals surface area contributed by atoms with Crippen molar-refractivity contribution in [3.05, 3.63) is 65.6 Å². The van der Waals surface area contributed by atoms with Gasteiger partial charge in [0.2, 0.25) is 5.89 Å². The number of aromatic nitrogens is 3. The monoisotopic (exact) mass is 373 g/mol. The number of hydrogen-bond donors (Lipinski definition) is 0. The van der Waals surface area contributed by atoms with Gasteiger partial charge < -0.3 is 9.42 Å². The van der Waals surface area contributed by atoms with Crippen LogP contribution in [0.4, 0.5) is 0 Å². The summed E-state index contributed by atoms with van der Waals surface area (Å²) < 4.78 is 5.34. The van der Waals surface area contributed by atoms with E-state index < -0.39 is 0 Å². The van der Waals surface area contributed by atoms with Crippen LogP contribution in [0.1, 0.15) is 53.1 Å². The summed E-state index contributed by atoms with van der Waals surface area (Å²) in [6, 6.07) is 12.8. The molecule has 1 fully saturated rings. The first-order chi connectivity index (χ1) is 13.7. The average Bonchev–Trinajstić information content (AvgIpc) is 3.19. The molecule has 7 heteroatoms. The summed E-state index contributed by atoms with van der Waals surface area (Å²) in [5.41, 5.74) is 2.40. The third-order valence-electron chi connectivity index (χ3n) is 4.93. The van der Waals surface area contributed by atoms with Gasteiger partial charge in [0.1, 0.15) is 17.8 Å². The average molecular weight is 373 g/mol. The van der Waals surface area contributed by atoms with Crippen molar-refractivity contribution < 1.29 is 9.32 Å². The maximum absolute atomic E-state index is 13.3. The zero-order valence-electron chi connectivity index (χ0n) is 15.5. The van der Waals surface area contributed by atoms with E-state index in [1.165, 1.54) is 0 Å². The summed E-state index contributed by atoms with van der Waals surface area (Å²) in [5, 5.41) is 13.2. The standard InChI is InChI=1S/C21H19N5O2/c1-14-24-20(28-25-14)19-9-2-3-11-26(19)21(27)16-7-4-6-15(12-16)17-8-5-10-23-18(17)13-22/h4-8,10,12,19H,2-3,9,11H2,1H3. The van der Waals surface area contributed by atoms with Gasteiger partial charge >= 0.3 is 0 Å². The van der Waals surface area contributed by atoms with Crippen molar-refractivity contribution in [1.82, 2.24) is 20.0 Å². The molecule has 140 valence electrons. The maximum atomic E-state index is 13.3. The molecule has 3 heterocycles. The SMILES string of the molecule is Cc1noc(C2CCCCN2C(=O)c2cccc(-c3cccnc3C#N)c2)n1. The lowest BCUT2D eigenvalue weighted by Crippen LogP contribution is -2.38. The molecule has 0 N–H and O–H groups in total. The number of carbonyl (C=O) groups excluding carboxylic acids is 1. The van der Waals surface area contributed by atoms with E-state index in [4.69, 9.17) is 4.52 Å². The summed E-state index contributed by atoms with van der Waals surface area (Å²) in [4.78, 5) is 23.5. The van der Waals surface area contributed by atoms with Gasteiger partial charge in [-0.15, -0.1) is 0 Å². The Morgan fingerprint density at radius 3 is 2.96 bits per heavy atom. The first-order valence-electron chi connectivity index (χ1n) is 9.24. The van der Waals surface area contributed by atoms with Gasteiger partial charge in [0.05, 0.1) is 0 Å². The second kappa shape index (κ2) is 7.61. The Balaban J connectivity index is 1.67. The first-order valence-corrected chi connectivity index (χ1v) is 9.24. The van der Waals surface area contributed by atoms with Gasteiger partial charge in [-0.1, -0.05) is 17.3 Å². The number of hydrogen-bond acceptors (Lipinski definition) is 6. The predicted molar refractivity (Wildman–Crippen MR) is 101 cm³/mol. The van der Waals surface area contributed by atoms with E-state index in [1.807, 2.05) is 29.2 Å². The van der Waals surface area contributed by atoms with E-state index in [-0.39, 0.29) is 11.9 Å². The summed E-state index contributed by atoms with van der Waals surface area (Å²) >= 11 is 0. The third kappa shape index (κ3) is 3.37. The number of benzene rings is 1. The molecule has 1 atom stereocenters. The first kappa shape index (κ1) is 17.9. The highest BCUT2D eigenvalue weighted by Crippen LogP contribution is 2.32. The van der Waals surface area contributed by atoms with Crippen LogP contribution in [0.15, 0.2) is 47.1 Å². The summed E-state index contributed by atoms with van der Waals surface area (Å²) in [5.74, 6) is 0.973. The molecule has 4 rings (SSSR count). The van der Waals surface area contributed by atoms with Gasteiger partial charge in [-0.25, -0.2) is 4.98 Å². The Hall–Kier alpha value is -3.53. The van der Waals surface area contributed by atoms with Crippen LogP contribution >= 0.6 is 0 Å². The molecule has 7 nitrogen and oxygen atoms in total. The number of rotatable bonds is 3. The fourth-order valence-corrected chi connectivity index (χ4v) is 3.59. The lowest BCUT2D eigenvalue weighted by molar-refractivity contribution is 0.0561. The highest BCUT2D eigenvalue weighted by atomic mass is 16.5. The molecule has 0 saturated carbocycles. The van der Waals surface area contributed by atoms with Crippen LogP contribution < -0.4 is 0 Å². The van der Waals surface area contributed by atoms with Gasteiger partial charge in [0.25, 0.3) is 5.91 Å². The van der Waals surface area contributed by atoms with Crippen LogP contribution in [0, 0.1) is 18.3 Å². The molecule has 1 amide bonds. The Morgan fingerprint density at radius 2 is 2.18 bits per heavy atom. The molecule has 28 heavy (non-hydrogen) atoms. The number of carbonyl (C=O) groups is 1. The second-order valence-corrected chi connectivity index (χ2v) is 6.78. The summed E-state index contributed by atoms with van der Waals surface area (Å²) in [6.07, 6.45) is 4.34. The van der Waals surface area contributed by atoms with Crippen molar-refractivity contribution in [2.75, 3.05) is 6.54 Å². The van der Waals surface area contributed by atoms with Crippen molar-refractivity contribution in [2.45, 2.75) is 32.2 Å². The molecule has 0 bridgehead atoms. The van der Waals surface area contributed by atoms with Crippen molar-refractivity contribution in [2.24, 2.45) is 0 Å². The number of likely N-dealkylation sites (tertiary alicyclic amines) is 1. The molecule has 1 aliphatic rings. The van der Waals surface area contributed by atoms with E-state index in [1.54, 1.807) is 25.3 Å². The van der Waals surface area contributed by atoms with Crippen molar-refractivity contribution in [3.8, 4) is 17.2 Å². The van der Waals surface area contributed by atoms with Gasteiger partial charge in [-0.3, -0.25) is 4.79 Å². The summed E-state index contributed by atoms with van der Waals surface area (Å²) in [7, 11) is 0. The van der Waals surface area contributed by atoms with Gasteiger partial charge in [-0.05, 0) is 56.0 Å². The van der Waals surface area contributed by atoms with Crippen molar-refractivity contribution >= 4 is 5.91 Å². The van der Waals surface area contributed by atoms with E-state index >= 15 is 0 Å². The molecule has 0 aliphatic carbocycles. The van der Waals surface area contributed by atoms with Crippen LogP contribution in [0.25, 0.3) is 11.1 Å². The number of nitrogens with zero attached hydrogens (tertiary/aromatic N) is 5. The molecule has 1 saturated heterocycles.